The second-order valence-corrected chi connectivity index (χ2v) is 5.33. The normalized spacial score (nSPS) is 10.9. The Morgan fingerprint density at radius 3 is 2.44 bits per heavy atom. The second-order valence-electron chi connectivity index (χ2n) is 4.54. The highest BCUT2D eigenvalue weighted by molar-refractivity contribution is 9.10. The number of rotatable bonds is 3. The zero-order valence-corrected chi connectivity index (χ0v) is 12.1. The molecule has 1 aromatic heterocycles. The van der Waals surface area contributed by atoms with E-state index in [1.807, 2.05) is 18.2 Å². The topological polar surface area (TPSA) is 51.8 Å². The van der Waals surface area contributed by atoms with Crippen molar-refractivity contribution < 1.29 is 0 Å². The largest absolute Gasteiger partial charge is 0.383 e. The summed E-state index contributed by atoms with van der Waals surface area (Å²) in [5.74, 6) is 1.60. The highest BCUT2D eigenvalue weighted by Crippen LogP contribution is 2.27. The fourth-order valence-corrected chi connectivity index (χ4v) is 2.41. The van der Waals surface area contributed by atoms with E-state index >= 15 is 0 Å². The highest BCUT2D eigenvalue weighted by Gasteiger charge is 2.13. The van der Waals surface area contributed by atoms with E-state index in [4.69, 9.17) is 5.73 Å². The number of hydrogen-bond donors (Lipinski definition) is 1. The molecule has 94 valence electrons. The molecule has 2 aromatic rings. The third kappa shape index (κ3) is 2.88. The smallest absolute Gasteiger partial charge is 0.141 e. The molecule has 0 saturated carbocycles. The van der Waals surface area contributed by atoms with Gasteiger partial charge in [-0.05, 0) is 27.4 Å². The number of aromatic nitrogens is 2. The molecule has 0 bridgehead atoms. The van der Waals surface area contributed by atoms with Crippen molar-refractivity contribution in [1.29, 1.82) is 0 Å². The van der Waals surface area contributed by atoms with Crippen LogP contribution in [0.25, 0.3) is 0 Å². The van der Waals surface area contributed by atoms with Crippen molar-refractivity contribution in [2.75, 3.05) is 5.73 Å². The quantitative estimate of drug-likeness (QED) is 0.943. The Hall–Kier alpha value is -1.42. The first kappa shape index (κ1) is 13.0. The van der Waals surface area contributed by atoms with E-state index in [1.165, 1.54) is 5.56 Å². The fourth-order valence-electron chi connectivity index (χ4n) is 1.77. The standard InChI is InChI=1S/C14H16BrN3/c1-9(2)13-12(15)14(16)18-11(17-13)8-10-6-4-3-5-7-10/h3-7,9H,8H2,1-2H3,(H2,16,17,18). The molecule has 2 rings (SSSR count). The molecule has 0 aliphatic rings. The lowest BCUT2D eigenvalue weighted by atomic mass is 10.1. The van der Waals surface area contributed by atoms with Gasteiger partial charge in [0.25, 0.3) is 0 Å². The molecule has 0 amide bonds. The Kier molecular flexibility index (Phi) is 3.97. The molecule has 0 aliphatic carbocycles. The van der Waals surface area contributed by atoms with Gasteiger partial charge in [0.05, 0.1) is 10.2 Å². The summed E-state index contributed by atoms with van der Waals surface area (Å²) in [5.41, 5.74) is 8.07. The highest BCUT2D eigenvalue weighted by atomic mass is 79.9. The third-order valence-electron chi connectivity index (χ3n) is 2.70. The molecule has 0 radical (unpaired) electrons. The van der Waals surface area contributed by atoms with E-state index in [-0.39, 0.29) is 0 Å². The molecule has 0 aliphatic heterocycles. The van der Waals surface area contributed by atoms with Gasteiger partial charge in [0.2, 0.25) is 0 Å². The lowest BCUT2D eigenvalue weighted by Crippen LogP contribution is -2.07. The Labute approximate surface area is 116 Å². The van der Waals surface area contributed by atoms with Crippen LogP contribution in [0.2, 0.25) is 0 Å². The van der Waals surface area contributed by atoms with E-state index in [0.29, 0.717) is 18.2 Å². The van der Waals surface area contributed by atoms with E-state index in [1.54, 1.807) is 0 Å². The maximum atomic E-state index is 5.91. The fraction of sp³-hybridized carbons (Fsp3) is 0.286. The molecule has 0 fully saturated rings. The molecule has 0 spiro atoms. The average Bonchev–Trinajstić information content (AvgIpc) is 2.34. The van der Waals surface area contributed by atoms with Crippen LogP contribution in [-0.4, -0.2) is 9.97 Å². The lowest BCUT2D eigenvalue weighted by Gasteiger charge is -2.11. The van der Waals surface area contributed by atoms with Crippen molar-refractivity contribution >= 4 is 21.7 Å². The van der Waals surface area contributed by atoms with Gasteiger partial charge in [0.15, 0.2) is 0 Å². The maximum absolute atomic E-state index is 5.91. The molecule has 1 aromatic carbocycles. The summed E-state index contributed by atoms with van der Waals surface area (Å²) in [6, 6.07) is 10.2. The van der Waals surface area contributed by atoms with Gasteiger partial charge in [-0.25, -0.2) is 9.97 Å². The van der Waals surface area contributed by atoms with Gasteiger partial charge >= 0.3 is 0 Å². The summed E-state index contributed by atoms with van der Waals surface area (Å²) in [6.07, 6.45) is 0.706. The Morgan fingerprint density at radius 2 is 1.83 bits per heavy atom. The van der Waals surface area contributed by atoms with E-state index in [2.05, 4.69) is 51.9 Å². The first-order chi connectivity index (χ1) is 8.58. The molecule has 0 atom stereocenters. The minimum absolute atomic E-state index is 0.319. The summed E-state index contributed by atoms with van der Waals surface area (Å²) < 4.78 is 0.814. The van der Waals surface area contributed by atoms with Gasteiger partial charge in [-0.2, -0.15) is 0 Å². The molecule has 2 N–H and O–H groups in total. The van der Waals surface area contributed by atoms with Crippen molar-refractivity contribution in [2.45, 2.75) is 26.2 Å². The van der Waals surface area contributed by atoms with Crippen molar-refractivity contribution in [3.05, 3.63) is 51.9 Å². The van der Waals surface area contributed by atoms with Gasteiger partial charge in [0.1, 0.15) is 11.6 Å². The Morgan fingerprint density at radius 1 is 1.17 bits per heavy atom. The van der Waals surface area contributed by atoms with Crippen LogP contribution in [-0.2, 0) is 6.42 Å². The predicted octanol–water partition coefficient (Wildman–Crippen LogP) is 3.54. The number of nitrogens with two attached hydrogens (primary N) is 1. The minimum atomic E-state index is 0.319. The molecule has 0 saturated heterocycles. The molecule has 18 heavy (non-hydrogen) atoms. The zero-order valence-electron chi connectivity index (χ0n) is 10.5. The van der Waals surface area contributed by atoms with Gasteiger partial charge in [-0.3, -0.25) is 0 Å². The SMILES string of the molecule is CC(C)c1nc(Cc2ccccc2)nc(N)c1Br. The summed E-state index contributed by atoms with van der Waals surface area (Å²) in [6.45, 7) is 4.19. The number of halogens is 1. The van der Waals surface area contributed by atoms with Gasteiger partial charge in [0, 0.05) is 6.42 Å². The van der Waals surface area contributed by atoms with Crippen LogP contribution in [0.3, 0.4) is 0 Å². The average molecular weight is 306 g/mol. The molecular formula is C14H16BrN3. The zero-order chi connectivity index (χ0) is 13.1. The van der Waals surface area contributed by atoms with Crippen molar-refractivity contribution in [1.82, 2.24) is 9.97 Å². The van der Waals surface area contributed by atoms with E-state index < -0.39 is 0 Å². The van der Waals surface area contributed by atoms with Crippen LogP contribution in [0.15, 0.2) is 34.8 Å². The van der Waals surface area contributed by atoms with Crippen molar-refractivity contribution in [3.63, 3.8) is 0 Å². The van der Waals surface area contributed by atoms with Gasteiger partial charge < -0.3 is 5.73 Å². The third-order valence-corrected chi connectivity index (χ3v) is 3.51. The van der Waals surface area contributed by atoms with Crippen LogP contribution in [0.5, 0.6) is 0 Å². The van der Waals surface area contributed by atoms with Gasteiger partial charge in [-0.15, -0.1) is 0 Å². The van der Waals surface area contributed by atoms with Crippen LogP contribution in [0.4, 0.5) is 5.82 Å². The minimum Gasteiger partial charge on any atom is -0.383 e. The molecule has 1 heterocycles. The number of benzene rings is 1. The number of hydrogen-bond acceptors (Lipinski definition) is 3. The molecule has 4 heteroatoms. The number of nitrogens with zero attached hydrogens (tertiary/aromatic N) is 2. The maximum Gasteiger partial charge on any atom is 0.141 e. The van der Waals surface area contributed by atoms with E-state index in [9.17, 15) is 0 Å². The second kappa shape index (κ2) is 5.48. The van der Waals surface area contributed by atoms with Crippen LogP contribution >= 0.6 is 15.9 Å². The molecule has 0 unspecified atom stereocenters. The number of anilines is 1. The number of nitrogen functional groups attached to an aromatic ring is 1. The van der Waals surface area contributed by atoms with E-state index in [0.717, 1.165) is 16.0 Å². The Balaban J connectivity index is 2.35. The Bertz CT molecular complexity index is 538. The molecular weight excluding hydrogens is 290 g/mol. The predicted molar refractivity (Wildman–Crippen MR) is 77.5 cm³/mol. The summed E-state index contributed by atoms with van der Waals surface area (Å²) in [5, 5.41) is 0. The summed E-state index contributed by atoms with van der Waals surface area (Å²) in [7, 11) is 0. The van der Waals surface area contributed by atoms with Crippen molar-refractivity contribution in [3.8, 4) is 0 Å². The first-order valence-corrected chi connectivity index (χ1v) is 6.73. The first-order valence-electron chi connectivity index (χ1n) is 5.93. The monoisotopic (exact) mass is 305 g/mol. The lowest BCUT2D eigenvalue weighted by molar-refractivity contribution is 0.786. The molecule has 3 nitrogen and oxygen atoms in total. The van der Waals surface area contributed by atoms with Crippen LogP contribution in [0, 0.1) is 0 Å². The van der Waals surface area contributed by atoms with Gasteiger partial charge in [-0.1, -0.05) is 44.2 Å². The van der Waals surface area contributed by atoms with Crippen LogP contribution in [0.1, 0.15) is 36.8 Å². The van der Waals surface area contributed by atoms with Crippen LogP contribution < -0.4 is 5.73 Å². The summed E-state index contributed by atoms with van der Waals surface area (Å²) in [4.78, 5) is 8.92. The van der Waals surface area contributed by atoms with Crippen molar-refractivity contribution in [2.24, 2.45) is 0 Å². The summed E-state index contributed by atoms with van der Waals surface area (Å²) >= 11 is 3.45.